The molecule has 34 heavy (non-hydrogen) atoms. The number of benzene rings is 3. The Kier molecular flexibility index (Phi) is 7.57. The van der Waals surface area contributed by atoms with Gasteiger partial charge in [-0.2, -0.15) is 0 Å². The summed E-state index contributed by atoms with van der Waals surface area (Å²) in [5.41, 5.74) is 2.14. The molecule has 0 bridgehead atoms. The Morgan fingerprint density at radius 1 is 0.941 bits per heavy atom. The molecule has 9 heteroatoms. The van der Waals surface area contributed by atoms with E-state index < -0.39 is 28.0 Å². The zero-order chi connectivity index (χ0) is 24.9. The molecule has 0 radical (unpaired) electrons. The summed E-state index contributed by atoms with van der Waals surface area (Å²) in [4.78, 5) is 24.8. The lowest BCUT2D eigenvalue weighted by molar-refractivity contribution is -0.123. The van der Waals surface area contributed by atoms with Crippen molar-refractivity contribution in [3.63, 3.8) is 0 Å². The Hall–Kier alpha value is -3.85. The molecule has 0 aliphatic carbocycles. The number of rotatable bonds is 8. The molecule has 178 valence electrons. The van der Waals surface area contributed by atoms with Crippen LogP contribution in [-0.2, 0) is 19.6 Å². The molecular formula is C25H26N2O6S. The van der Waals surface area contributed by atoms with Gasteiger partial charge in [-0.25, -0.2) is 13.2 Å². The van der Waals surface area contributed by atoms with Crippen LogP contribution in [-0.4, -0.2) is 40.6 Å². The number of amides is 1. The van der Waals surface area contributed by atoms with Gasteiger partial charge in [-0.05, 0) is 62.4 Å². The molecule has 0 spiro atoms. The van der Waals surface area contributed by atoms with E-state index >= 15 is 0 Å². The molecule has 0 saturated heterocycles. The lowest BCUT2D eigenvalue weighted by Gasteiger charge is -2.21. The molecule has 1 N–H and O–H groups in total. The van der Waals surface area contributed by atoms with Crippen LogP contribution in [0.4, 0.5) is 11.4 Å². The van der Waals surface area contributed by atoms with Crippen molar-refractivity contribution in [3.8, 4) is 5.75 Å². The van der Waals surface area contributed by atoms with E-state index in [4.69, 9.17) is 9.47 Å². The van der Waals surface area contributed by atoms with Gasteiger partial charge in [-0.15, -0.1) is 0 Å². The van der Waals surface area contributed by atoms with Gasteiger partial charge in [-0.3, -0.25) is 9.10 Å². The number of ether oxygens (including phenoxy) is 2. The molecule has 1 atom stereocenters. The van der Waals surface area contributed by atoms with Crippen LogP contribution >= 0.6 is 0 Å². The van der Waals surface area contributed by atoms with Crippen LogP contribution in [0.15, 0.2) is 77.7 Å². The van der Waals surface area contributed by atoms with E-state index in [0.29, 0.717) is 17.1 Å². The van der Waals surface area contributed by atoms with Gasteiger partial charge in [0.05, 0.1) is 23.3 Å². The van der Waals surface area contributed by atoms with Gasteiger partial charge in [0, 0.05) is 12.7 Å². The topological polar surface area (TPSA) is 102 Å². The van der Waals surface area contributed by atoms with Crippen LogP contribution in [0, 0.1) is 6.92 Å². The van der Waals surface area contributed by atoms with Gasteiger partial charge in [0.2, 0.25) is 0 Å². The second-order valence-corrected chi connectivity index (χ2v) is 9.54. The Labute approximate surface area is 199 Å². The monoisotopic (exact) mass is 482 g/mol. The number of nitrogens with zero attached hydrogens (tertiary/aromatic N) is 1. The maximum Gasteiger partial charge on any atom is 0.338 e. The molecule has 0 fully saturated rings. The van der Waals surface area contributed by atoms with E-state index in [9.17, 15) is 18.0 Å². The standard InChI is InChI=1S/C25H26N2O6S/c1-17-9-13-20(14-10-17)26-24(28)18(2)33-25(29)19-11-15-21(16-12-19)34(30,31)27(3)22-7-5-6-8-23(22)32-4/h5-16,18H,1-4H3,(H,26,28). The summed E-state index contributed by atoms with van der Waals surface area (Å²) in [5, 5.41) is 2.68. The van der Waals surface area contributed by atoms with Crippen molar-refractivity contribution < 1.29 is 27.5 Å². The number of esters is 1. The van der Waals surface area contributed by atoms with Gasteiger partial charge in [0.1, 0.15) is 5.75 Å². The van der Waals surface area contributed by atoms with Crippen molar-refractivity contribution in [1.82, 2.24) is 0 Å². The quantitative estimate of drug-likeness (QED) is 0.487. The molecule has 3 rings (SSSR count). The Morgan fingerprint density at radius 2 is 1.56 bits per heavy atom. The van der Waals surface area contributed by atoms with Gasteiger partial charge < -0.3 is 14.8 Å². The lowest BCUT2D eigenvalue weighted by atomic mass is 10.2. The highest BCUT2D eigenvalue weighted by molar-refractivity contribution is 7.92. The summed E-state index contributed by atoms with van der Waals surface area (Å²) in [6.07, 6.45) is -1.05. The van der Waals surface area contributed by atoms with Crippen LogP contribution in [0.3, 0.4) is 0 Å². The number of methoxy groups -OCH3 is 1. The van der Waals surface area contributed by atoms with E-state index in [2.05, 4.69) is 5.32 Å². The number of hydrogen-bond donors (Lipinski definition) is 1. The van der Waals surface area contributed by atoms with E-state index in [-0.39, 0.29) is 10.5 Å². The first-order chi connectivity index (χ1) is 16.1. The van der Waals surface area contributed by atoms with Crippen LogP contribution in [0.25, 0.3) is 0 Å². The zero-order valence-corrected chi connectivity index (χ0v) is 20.1. The molecular weight excluding hydrogens is 456 g/mol. The summed E-state index contributed by atoms with van der Waals surface area (Å²) < 4.78 is 37.7. The van der Waals surface area contributed by atoms with Crippen molar-refractivity contribution in [2.45, 2.75) is 24.8 Å². The maximum atomic E-state index is 13.0. The van der Waals surface area contributed by atoms with E-state index in [0.717, 1.165) is 9.87 Å². The smallest absolute Gasteiger partial charge is 0.338 e. The first-order valence-electron chi connectivity index (χ1n) is 10.4. The number of hydrogen-bond acceptors (Lipinski definition) is 6. The third-order valence-corrected chi connectivity index (χ3v) is 6.93. The van der Waals surface area contributed by atoms with Crippen molar-refractivity contribution in [1.29, 1.82) is 0 Å². The summed E-state index contributed by atoms with van der Waals surface area (Å²) >= 11 is 0. The fraction of sp³-hybridized carbons (Fsp3) is 0.200. The predicted molar refractivity (Wildman–Crippen MR) is 130 cm³/mol. The minimum absolute atomic E-state index is 0.0115. The molecule has 3 aromatic rings. The number of para-hydroxylation sites is 2. The third-order valence-electron chi connectivity index (χ3n) is 5.14. The number of sulfonamides is 1. The van der Waals surface area contributed by atoms with Crippen molar-refractivity contribution in [3.05, 3.63) is 83.9 Å². The minimum atomic E-state index is -3.90. The number of nitrogens with one attached hydrogen (secondary N) is 1. The summed E-state index contributed by atoms with van der Waals surface area (Å²) in [5.74, 6) is -0.810. The second kappa shape index (κ2) is 10.4. The van der Waals surface area contributed by atoms with Crippen LogP contribution in [0.2, 0.25) is 0 Å². The first-order valence-corrected chi connectivity index (χ1v) is 11.9. The lowest BCUT2D eigenvalue weighted by Crippen LogP contribution is -2.30. The van der Waals surface area contributed by atoms with Crippen molar-refractivity contribution >= 4 is 33.3 Å². The number of carbonyl (C=O) groups is 2. The van der Waals surface area contributed by atoms with Gasteiger partial charge in [0.15, 0.2) is 6.10 Å². The molecule has 8 nitrogen and oxygen atoms in total. The zero-order valence-electron chi connectivity index (χ0n) is 19.3. The highest BCUT2D eigenvalue weighted by Gasteiger charge is 2.25. The number of anilines is 2. The largest absolute Gasteiger partial charge is 0.495 e. The number of carbonyl (C=O) groups excluding carboxylic acids is 2. The molecule has 0 aromatic heterocycles. The fourth-order valence-electron chi connectivity index (χ4n) is 3.10. The Morgan fingerprint density at radius 3 is 2.18 bits per heavy atom. The van der Waals surface area contributed by atoms with E-state index in [1.165, 1.54) is 45.3 Å². The second-order valence-electron chi connectivity index (χ2n) is 7.57. The first kappa shape index (κ1) is 24.8. The number of aryl methyl sites for hydroxylation is 1. The summed E-state index contributed by atoms with van der Waals surface area (Å²) in [6, 6.07) is 19.3. The molecule has 1 amide bonds. The third kappa shape index (κ3) is 5.55. The highest BCUT2D eigenvalue weighted by atomic mass is 32.2. The SMILES string of the molecule is COc1ccccc1N(C)S(=O)(=O)c1ccc(C(=O)OC(C)C(=O)Nc2ccc(C)cc2)cc1. The molecule has 0 aliphatic heterocycles. The average molecular weight is 483 g/mol. The molecule has 0 saturated carbocycles. The van der Waals surface area contributed by atoms with Crippen LogP contribution in [0.1, 0.15) is 22.8 Å². The van der Waals surface area contributed by atoms with Crippen molar-refractivity contribution in [2.24, 2.45) is 0 Å². The molecule has 1 unspecified atom stereocenters. The van der Waals surface area contributed by atoms with Crippen LogP contribution < -0.4 is 14.4 Å². The van der Waals surface area contributed by atoms with E-state index in [1.54, 1.807) is 36.4 Å². The van der Waals surface area contributed by atoms with Gasteiger partial charge in [0.25, 0.3) is 15.9 Å². The Balaban J connectivity index is 1.68. The van der Waals surface area contributed by atoms with Crippen molar-refractivity contribution in [2.75, 3.05) is 23.8 Å². The fourth-order valence-corrected chi connectivity index (χ4v) is 4.31. The summed E-state index contributed by atoms with van der Waals surface area (Å²) in [7, 11) is -1.02. The van der Waals surface area contributed by atoms with Gasteiger partial charge >= 0.3 is 5.97 Å². The maximum absolute atomic E-state index is 13.0. The average Bonchev–Trinajstić information content (AvgIpc) is 2.84. The molecule has 0 aliphatic rings. The normalized spacial score (nSPS) is 11.9. The predicted octanol–water partition coefficient (Wildman–Crippen LogP) is 4.01. The highest BCUT2D eigenvalue weighted by Crippen LogP contribution is 2.30. The summed E-state index contributed by atoms with van der Waals surface area (Å²) in [6.45, 7) is 3.39. The molecule has 3 aromatic carbocycles. The van der Waals surface area contributed by atoms with Gasteiger partial charge in [-0.1, -0.05) is 29.8 Å². The molecule has 0 heterocycles. The van der Waals surface area contributed by atoms with E-state index in [1.807, 2.05) is 19.1 Å². The van der Waals surface area contributed by atoms with Crippen LogP contribution in [0.5, 0.6) is 5.75 Å². The Bertz CT molecular complexity index is 1270. The minimum Gasteiger partial charge on any atom is -0.495 e.